The Morgan fingerprint density at radius 2 is 2.10 bits per heavy atom. The third kappa shape index (κ3) is 2.08. The van der Waals surface area contributed by atoms with Crippen molar-refractivity contribution in [3.8, 4) is 0 Å². The molecule has 2 aromatic rings. The minimum atomic E-state index is -0.386. The first-order valence-corrected chi connectivity index (χ1v) is 7.01. The number of fused-ring (bicyclic) bond motifs is 1. The lowest BCUT2D eigenvalue weighted by molar-refractivity contribution is 0.0989. The lowest BCUT2D eigenvalue weighted by Crippen LogP contribution is -2.29. The zero-order chi connectivity index (χ0) is 14.3. The van der Waals surface area contributed by atoms with Crippen LogP contribution in [0.2, 0.25) is 0 Å². The number of nitrogens with two attached hydrogens (primary N) is 1. The summed E-state index contributed by atoms with van der Waals surface area (Å²) in [5.41, 5.74) is 8.85. The molecule has 1 heterocycles. The Bertz CT molecular complexity index is 702. The Balaban J connectivity index is 1.99. The molecule has 1 aliphatic heterocycles. The van der Waals surface area contributed by atoms with E-state index in [9.17, 15) is 9.18 Å². The molecule has 0 atom stereocenters. The summed E-state index contributed by atoms with van der Waals surface area (Å²) < 4.78 is 13.5. The number of rotatable bonds is 1. The van der Waals surface area contributed by atoms with Crippen molar-refractivity contribution in [1.29, 1.82) is 0 Å². The number of nitrogen functional groups attached to an aromatic ring is 1. The summed E-state index contributed by atoms with van der Waals surface area (Å²) in [6.45, 7) is 0.595. The van der Waals surface area contributed by atoms with Gasteiger partial charge in [-0.15, -0.1) is 0 Å². The summed E-state index contributed by atoms with van der Waals surface area (Å²) in [6, 6.07) is 9.90. The number of para-hydroxylation sites is 1. The van der Waals surface area contributed by atoms with Crippen molar-refractivity contribution in [3.63, 3.8) is 0 Å². The average molecular weight is 335 g/mol. The van der Waals surface area contributed by atoms with Crippen LogP contribution in [0.4, 0.5) is 15.8 Å². The van der Waals surface area contributed by atoms with Gasteiger partial charge in [0.1, 0.15) is 5.82 Å². The Kier molecular flexibility index (Phi) is 3.22. The molecule has 2 aromatic carbocycles. The second kappa shape index (κ2) is 4.90. The van der Waals surface area contributed by atoms with E-state index in [-0.39, 0.29) is 16.2 Å². The van der Waals surface area contributed by atoms with Gasteiger partial charge in [0.2, 0.25) is 0 Å². The topological polar surface area (TPSA) is 46.3 Å². The zero-order valence-electron chi connectivity index (χ0n) is 10.6. The van der Waals surface area contributed by atoms with E-state index in [4.69, 9.17) is 5.73 Å². The summed E-state index contributed by atoms with van der Waals surface area (Å²) in [6.07, 6.45) is 0.786. The van der Waals surface area contributed by atoms with Crippen molar-refractivity contribution >= 4 is 33.2 Å². The predicted molar refractivity (Wildman–Crippen MR) is 80.3 cm³/mol. The summed E-state index contributed by atoms with van der Waals surface area (Å²) in [7, 11) is 0. The third-order valence-corrected chi connectivity index (χ3v) is 4.04. The molecular formula is C15H12BrFN2O. The van der Waals surface area contributed by atoms with Crippen LogP contribution in [0.25, 0.3) is 0 Å². The van der Waals surface area contributed by atoms with Crippen molar-refractivity contribution in [3.05, 3.63) is 57.8 Å². The van der Waals surface area contributed by atoms with Crippen molar-refractivity contribution in [2.45, 2.75) is 6.42 Å². The quantitative estimate of drug-likeness (QED) is 0.812. The standard InChI is InChI=1S/C15H12BrFN2O/c16-11-8-10(4-5-12(11)17)15(20)19-7-6-9-2-1-3-13(18)14(9)19/h1-5,8H,6-7,18H2. The molecule has 0 aliphatic carbocycles. The van der Waals surface area contributed by atoms with Crippen LogP contribution in [0, 0.1) is 5.82 Å². The number of hydrogen-bond donors (Lipinski definition) is 1. The molecule has 2 N–H and O–H groups in total. The second-order valence-electron chi connectivity index (χ2n) is 4.69. The highest BCUT2D eigenvalue weighted by atomic mass is 79.9. The van der Waals surface area contributed by atoms with Gasteiger partial charge in [0.25, 0.3) is 5.91 Å². The SMILES string of the molecule is Nc1cccc2c1N(C(=O)c1ccc(F)c(Br)c1)CC2. The van der Waals surface area contributed by atoms with E-state index in [0.29, 0.717) is 17.8 Å². The fourth-order valence-corrected chi connectivity index (χ4v) is 2.85. The molecule has 0 aromatic heterocycles. The average Bonchev–Trinajstić information content (AvgIpc) is 2.86. The van der Waals surface area contributed by atoms with E-state index in [1.165, 1.54) is 18.2 Å². The highest BCUT2D eigenvalue weighted by molar-refractivity contribution is 9.10. The summed E-state index contributed by atoms with van der Waals surface area (Å²) >= 11 is 3.10. The Morgan fingerprint density at radius 1 is 1.30 bits per heavy atom. The fourth-order valence-electron chi connectivity index (χ4n) is 2.47. The monoisotopic (exact) mass is 334 g/mol. The van der Waals surface area contributed by atoms with Gasteiger partial charge in [-0.05, 0) is 52.2 Å². The molecule has 0 saturated carbocycles. The van der Waals surface area contributed by atoms with Crippen LogP contribution in [-0.4, -0.2) is 12.5 Å². The smallest absolute Gasteiger partial charge is 0.258 e. The molecular weight excluding hydrogens is 323 g/mol. The molecule has 1 amide bonds. The maximum absolute atomic E-state index is 13.3. The minimum absolute atomic E-state index is 0.164. The van der Waals surface area contributed by atoms with Gasteiger partial charge < -0.3 is 10.6 Å². The molecule has 20 heavy (non-hydrogen) atoms. The van der Waals surface area contributed by atoms with E-state index < -0.39 is 0 Å². The Labute approximate surface area is 124 Å². The van der Waals surface area contributed by atoms with Crippen molar-refractivity contribution in [2.24, 2.45) is 0 Å². The number of benzene rings is 2. The Morgan fingerprint density at radius 3 is 2.85 bits per heavy atom. The van der Waals surface area contributed by atoms with Crippen LogP contribution in [0.1, 0.15) is 15.9 Å². The van der Waals surface area contributed by atoms with Gasteiger partial charge in [-0.25, -0.2) is 4.39 Å². The van der Waals surface area contributed by atoms with Crippen LogP contribution >= 0.6 is 15.9 Å². The van der Waals surface area contributed by atoms with E-state index in [1.54, 1.807) is 11.0 Å². The van der Waals surface area contributed by atoms with E-state index in [1.807, 2.05) is 12.1 Å². The van der Waals surface area contributed by atoms with Crippen LogP contribution in [0.3, 0.4) is 0 Å². The highest BCUT2D eigenvalue weighted by Gasteiger charge is 2.27. The highest BCUT2D eigenvalue weighted by Crippen LogP contribution is 2.34. The molecule has 3 nitrogen and oxygen atoms in total. The minimum Gasteiger partial charge on any atom is -0.397 e. The molecule has 0 radical (unpaired) electrons. The third-order valence-electron chi connectivity index (χ3n) is 3.44. The van der Waals surface area contributed by atoms with Gasteiger partial charge in [-0.3, -0.25) is 4.79 Å². The fraction of sp³-hybridized carbons (Fsp3) is 0.133. The predicted octanol–water partition coefficient (Wildman–Crippen LogP) is 3.37. The van der Waals surface area contributed by atoms with Gasteiger partial charge in [-0.1, -0.05) is 12.1 Å². The molecule has 0 bridgehead atoms. The number of hydrogen-bond acceptors (Lipinski definition) is 2. The molecule has 102 valence electrons. The molecule has 0 fully saturated rings. The van der Waals surface area contributed by atoms with Gasteiger partial charge in [0, 0.05) is 12.1 Å². The van der Waals surface area contributed by atoms with E-state index in [0.717, 1.165) is 17.7 Å². The van der Waals surface area contributed by atoms with Gasteiger partial charge in [-0.2, -0.15) is 0 Å². The number of nitrogens with zero attached hydrogens (tertiary/aromatic N) is 1. The number of amides is 1. The molecule has 3 rings (SSSR count). The first-order valence-electron chi connectivity index (χ1n) is 6.22. The van der Waals surface area contributed by atoms with E-state index >= 15 is 0 Å². The van der Waals surface area contributed by atoms with Crippen molar-refractivity contribution in [1.82, 2.24) is 0 Å². The van der Waals surface area contributed by atoms with Crippen LogP contribution < -0.4 is 10.6 Å². The lowest BCUT2D eigenvalue weighted by Gasteiger charge is -2.19. The molecule has 0 unspecified atom stereocenters. The van der Waals surface area contributed by atoms with Crippen molar-refractivity contribution in [2.75, 3.05) is 17.2 Å². The number of carbonyl (C=O) groups excluding carboxylic acids is 1. The summed E-state index contributed by atoms with van der Waals surface area (Å²) in [5, 5.41) is 0. The zero-order valence-corrected chi connectivity index (χ0v) is 12.2. The molecule has 1 aliphatic rings. The maximum Gasteiger partial charge on any atom is 0.258 e. The number of carbonyl (C=O) groups is 1. The van der Waals surface area contributed by atoms with Gasteiger partial charge >= 0.3 is 0 Å². The lowest BCUT2D eigenvalue weighted by atomic mass is 10.1. The first-order chi connectivity index (χ1) is 9.58. The van der Waals surface area contributed by atoms with Gasteiger partial charge in [0.05, 0.1) is 15.8 Å². The largest absolute Gasteiger partial charge is 0.397 e. The van der Waals surface area contributed by atoms with Gasteiger partial charge in [0.15, 0.2) is 0 Å². The summed E-state index contributed by atoms with van der Waals surface area (Å²) in [5.74, 6) is -0.551. The summed E-state index contributed by atoms with van der Waals surface area (Å²) in [4.78, 5) is 14.2. The van der Waals surface area contributed by atoms with Crippen LogP contribution in [-0.2, 0) is 6.42 Å². The maximum atomic E-state index is 13.3. The van der Waals surface area contributed by atoms with E-state index in [2.05, 4.69) is 15.9 Å². The number of halogens is 2. The Hall–Kier alpha value is -1.88. The normalized spacial score (nSPS) is 13.4. The van der Waals surface area contributed by atoms with Crippen molar-refractivity contribution < 1.29 is 9.18 Å². The second-order valence-corrected chi connectivity index (χ2v) is 5.54. The molecule has 5 heteroatoms. The molecule has 0 spiro atoms. The first kappa shape index (κ1) is 13.1. The number of anilines is 2. The van der Waals surface area contributed by atoms with Crippen LogP contribution in [0.15, 0.2) is 40.9 Å². The molecule has 0 saturated heterocycles. The van der Waals surface area contributed by atoms with Crippen LogP contribution in [0.5, 0.6) is 0 Å².